The lowest BCUT2D eigenvalue weighted by molar-refractivity contribution is 0.277. The maximum absolute atomic E-state index is 14.2. The molecule has 34 heavy (non-hydrogen) atoms. The Morgan fingerprint density at radius 2 is 1.85 bits per heavy atom. The quantitative estimate of drug-likeness (QED) is 0.513. The zero-order chi connectivity index (χ0) is 23.2. The van der Waals surface area contributed by atoms with Gasteiger partial charge in [-0.3, -0.25) is 4.90 Å². The number of rotatable bonds is 9. The normalized spacial score (nSPS) is 18.9. The molecule has 0 amide bonds. The van der Waals surface area contributed by atoms with E-state index >= 15 is 0 Å². The molecule has 2 aliphatic rings. The van der Waals surface area contributed by atoms with Gasteiger partial charge >= 0.3 is 0 Å². The Labute approximate surface area is 208 Å². The molecule has 1 aromatic heterocycles. The van der Waals surface area contributed by atoms with Crippen LogP contribution in [0.3, 0.4) is 0 Å². The van der Waals surface area contributed by atoms with Crippen LogP contribution in [0.1, 0.15) is 51.9 Å². The molecule has 1 aliphatic heterocycles. The van der Waals surface area contributed by atoms with Crippen molar-refractivity contribution in [2.45, 2.75) is 64.0 Å². The van der Waals surface area contributed by atoms with Crippen LogP contribution in [0, 0.1) is 5.82 Å². The summed E-state index contributed by atoms with van der Waals surface area (Å²) in [4.78, 5) is 18.7. The molecule has 188 valence electrons. The van der Waals surface area contributed by atoms with Crippen molar-refractivity contribution < 1.29 is 9.13 Å². The van der Waals surface area contributed by atoms with Gasteiger partial charge in [0.25, 0.3) is 0 Å². The first-order chi connectivity index (χ1) is 16.1. The molecule has 2 fully saturated rings. The van der Waals surface area contributed by atoms with Crippen LogP contribution in [0.2, 0.25) is 0 Å². The number of ether oxygens (including phenoxy) is 1. The average molecular weight is 494 g/mol. The van der Waals surface area contributed by atoms with Crippen molar-refractivity contribution in [3.63, 3.8) is 0 Å². The number of likely N-dealkylation sites (N-methyl/N-ethyl adjacent to an activating group) is 1. The fraction of sp³-hybridized carbons (Fsp3) is 0.625. The Hall–Kier alpha value is -2.39. The van der Waals surface area contributed by atoms with Gasteiger partial charge in [-0.15, -0.1) is 12.4 Å². The van der Waals surface area contributed by atoms with Crippen molar-refractivity contribution in [3.8, 4) is 5.75 Å². The SMILES string of the molecule is CCN1CCCC1CNc1nc(Nc2ccc(OC)c(F)c2)nc(N(C)C2CCCCC2)n1.Cl. The summed E-state index contributed by atoms with van der Waals surface area (Å²) < 4.78 is 19.2. The van der Waals surface area contributed by atoms with Gasteiger partial charge in [0, 0.05) is 37.4 Å². The summed E-state index contributed by atoms with van der Waals surface area (Å²) in [5, 5.41) is 6.59. The molecule has 1 aromatic carbocycles. The zero-order valence-electron chi connectivity index (χ0n) is 20.4. The first-order valence-corrected chi connectivity index (χ1v) is 12.1. The van der Waals surface area contributed by atoms with Gasteiger partial charge in [-0.1, -0.05) is 26.2 Å². The third-order valence-corrected chi connectivity index (χ3v) is 6.87. The van der Waals surface area contributed by atoms with Gasteiger partial charge < -0.3 is 20.3 Å². The summed E-state index contributed by atoms with van der Waals surface area (Å²) in [5.74, 6) is 1.34. The summed E-state index contributed by atoms with van der Waals surface area (Å²) in [7, 11) is 3.51. The third-order valence-electron chi connectivity index (χ3n) is 6.87. The van der Waals surface area contributed by atoms with Crippen LogP contribution in [0.5, 0.6) is 5.75 Å². The van der Waals surface area contributed by atoms with E-state index in [9.17, 15) is 4.39 Å². The maximum atomic E-state index is 14.2. The van der Waals surface area contributed by atoms with Crippen molar-refractivity contribution in [1.82, 2.24) is 19.9 Å². The van der Waals surface area contributed by atoms with Crippen LogP contribution in [0.4, 0.5) is 27.9 Å². The number of nitrogens with zero attached hydrogens (tertiary/aromatic N) is 5. The molecule has 0 spiro atoms. The van der Waals surface area contributed by atoms with E-state index < -0.39 is 5.82 Å². The van der Waals surface area contributed by atoms with E-state index in [1.54, 1.807) is 12.1 Å². The van der Waals surface area contributed by atoms with Gasteiger partial charge in [-0.05, 0) is 50.9 Å². The topological polar surface area (TPSA) is 78.4 Å². The number of halogens is 2. The van der Waals surface area contributed by atoms with Crippen LogP contribution in [0.15, 0.2) is 18.2 Å². The minimum atomic E-state index is -0.435. The van der Waals surface area contributed by atoms with Gasteiger partial charge in [-0.25, -0.2) is 4.39 Å². The number of likely N-dealkylation sites (tertiary alicyclic amines) is 1. The molecule has 0 radical (unpaired) electrons. The van der Waals surface area contributed by atoms with Crippen molar-refractivity contribution in [3.05, 3.63) is 24.0 Å². The van der Waals surface area contributed by atoms with Crippen molar-refractivity contribution in [2.24, 2.45) is 0 Å². The number of benzene rings is 1. The predicted molar refractivity (Wildman–Crippen MR) is 137 cm³/mol. The molecule has 2 N–H and O–H groups in total. The Morgan fingerprint density at radius 3 is 2.56 bits per heavy atom. The Kier molecular flexibility index (Phi) is 9.53. The van der Waals surface area contributed by atoms with Crippen molar-refractivity contribution in [1.29, 1.82) is 0 Å². The average Bonchev–Trinajstić information content (AvgIpc) is 3.30. The first-order valence-electron chi connectivity index (χ1n) is 12.1. The Morgan fingerprint density at radius 1 is 1.09 bits per heavy atom. The molecule has 1 unspecified atom stereocenters. The first kappa shape index (κ1) is 26.2. The summed E-state index contributed by atoms with van der Waals surface area (Å²) >= 11 is 0. The van der Waals surface area contributed by atoms with E-state index in [4.69, 9.17) is 9.72 Å². The van der Waals surface area contributed by atoms with E-state index in [2.05, 4.69) is 44.4 Å². The van der Waals surface area contributed by atoms with E-state index in [-0.39, 0.29) is 18.2 Å². The Balaban J connectivity index is 0.00000324. The lowest BCUT2D eigenvalue weighted by Crippen LogP contribution is -2.36. The highest BCUT2D eigenvalue weighted by Crippen LogP contribution is 2.27. The maximum Gasteiger partial charge on any atom is 0.233 e. The lowest BCUT2D eigenvalue weighted by Gasteiger charge is -2.31. The summed E-state index contributed by atoms with van der Waals surface area (Å²) in [6.45, 7) is 5.19. The molecular formula is C24H37ClFN7O. The predicted octanol–water partition coefficient (Wildman–Crippen LogP) is 4.85. The van der Waals surface area contributed by atoms with E-state index in [0.717, 1.165) is 32.5 Å². The van der Waals surface area contributed by atoms with Crippen LogP contribution in [-0.2, 0) is 0 Å². The van der Waals surface area contributed by atoms with E-state index in [1.165, 1.54) is 45.3 Å². The van der Waals surface area contributed by atoms with Gasteiger partial charge in [0.05, 0.1) is 7.11 Å². The molecule has 4 rings (SSSR count). The molecular weight excluding hydrogens is 457 g/mol. The molecule has 2 heterocycles. The molecule has 10 heteroatoms. The lowest BCUT2D eigenvalue weighted by atomic mass is 9.95. The monoisotopic (exact) mass is 493 g/mol. The van der Waals surface area contributed by atoms with Crippen molar-refractivity contribution in [2.75, 3.05) is 49.3 Å². The third kappa shape index (κ3) is 6.39. The second-order valence-corrected chi connectivity index (χ2v) is 8.97. The van der Waals surface area contributed by atoms with Crippen LogP contribution in [-0.4, -0.2) is 65.7 Å². The minimum absolute atomic E-state index is 0. The molecule has 1 saturated heterocycles. The number of methoxy groups -OCH3 is 1. The zero-order valence-corrected chi connectivity index (χ0v) is 21.2. The molecule has 8 nitrogen and oxygen atoms in total. The van der Waals surface area contributed by atoms with E-state index in [0.29, 0.717) is 35.6 Å². The highest BCUT2D eigenvalue weighted by atomic mass is 35.5. The summed E-state index contributed by atoms with van der Waals surface area (Å²) in [6.07, 6.45) is 8.45. The van der Waals surface area contributed by atoms with Crippen LogP contribution in [0.25, 0.3) is 0 Å². The standard InChI is InChI=1S/C24H36FN7O.ClH/c1-4-32-14-8-11-19(32)16-26-22-28-23(27-17-12-13-21(33-3)20(25)15-17)30-24(29-22)31(2)18-9-6-5-7-10-18;/h12-13,15,18-19H,4-11,14,16H2,1-3H3,(H2,26,27,28,29,30);1H. The minimum Gasteiger partial charge on any atom is -0.494 e. The number of hydrogen-bond acceptors (Lipinski definition) is 8. The molecule has 1 saturated carbocycles. The highest BCUT2D eigenvalue weighted by Gasteiger charge is 2.24. The number of anilines is 4. The van der Waals surface area contributed by atoms with Crippen LogP contribution >= 0.6 is 12.4 Å². The summed E-state index contributed by atoms with van der Waals surface area (Å²) in [6, 6.07) is 5.63. The fourth-order valence-corrected chi connectivity index (χ4v) is 4.91. The molecule has 1 aliphatic carbocycles. The number of aromatic nitrogens is 3. The molecule has 2 aromatic rings. The van der Waals surface area contributed by atoms with Crippen molar-refractivity contribution >= 4 is 35.9 Å². The van der Waals surface area contributed by atoms with Gasteiger partial charge in [0.15, 0.2) is 11.6 Å². The van der Waals surface area contributed by atoms with E-state index in [1.807, 2.05) is 0 Å². The van der Waals surface area contributed by atoms with Gasteiger partial charge in [0.1, 0.15) is 0 Å². The van der Waals surface area contributed by atoms with Gasteiger partial charge in [-0.2, -0.15) is 15.0 Å². The Bertz CT molecular complexity index is 928. The molecule has 1 atom stereocenters. The highest BCUT2D eigenvalue weighted by molar-refractivity contribution is 5.85. The van der Waals surface area contributed by atoms with Gasteiger partial charge in [0.2, 0.25) is 17.8 Å². The fourth-order valence-electron chi connectivity index (χ4n) is 4.91. The number of nitrogens with one attached hydrogen (secondary N) is 2. The largest absolute Gasteiger partial charge is 0.494 e. The second kappa shape index (κ2) is 12.4. The number of hydrogen-bond donors (Lipinski definition) is 2. The second-order valence-electron chi connectivity index (χ2n) is 8.97. The smallest absolute Gasteiger partial charge is 0.233 e. The summed E-state index contributed by atoms with van der Waals surface area (Å²) in [5.41, 5.74) is 0.560. The molecule has 0 bridgehead atoms. The van der Waals surface area contributed by atoms with Crippen LogP contribution < -0.4 is 20.3 Å².